The van der Waals surface area contributed by atoms with Crippen molar-refractivity contribution in [2.24, 2.45) is 0 Å². The molecule has 1 aromatic heterocycles. The van der Waals surface area contributed by atoms with Crippen molar-refractivity contribution >= 4 is 36.6 Å². The van der Waals surface area contributed by atoms with Gasteiger partial charge in [0.2, 0.25) is 0 Å². The Morgan fingerprint density at radius 2 is 1.90 bits per heavy atom. The van der Waals surface area contributed by atoms with Crippen molar-refractivity contribution < 1.29 is 4.79 Å². The van der Waals surface area contributed by atoms with E-state index in [0.717, 1.165) is 23.9 Å². The number of hydrogen-bond donors (Lipinski definition) is 0. The van der Waals surface area contributed by atoms with Crippen LogP contribution < -0.4 is 0 Å². The number of ketones is 1. The molecule has 2 atom stereocenters. The minimum absolute atomic E-state index is 0.379. The average Bonchev–Trinajstić information content (AvgIpc) is 2.79. The maximum Gasteiger partial charge on any atom is 0.170 e. The summed E-state index contributed by atoms with van der Waals surface area (Å²) >= 11 is 2.37. The molecule has 0 radical (unpaired) electrons. The predicted molar refractivity (Wildman–Crippen MR) is 94.2 cm³/mol. The number of hydrogen-bond acceptors (Lipinski definition) is 1. The van der Waals surface area contributed by atoms with Crippen LogP contribution in [0.2, 0.25) is 16.6 Å². The standard InChI is InChI=1S/C16H24INOSi/c1-9(2)20(10(3)4)11(5)12-6-7-14(19)15-13(17)8-18(20)16(12)15/h8-12H,6-7H2,1-5H3. The first-order valence-corrected chi connectivity index (χ1v) is 11.0. The van der Waals surface area contributed by atoms with E-state index in [4.69, 9.17) is 0 Å². The van der Waals surface area contributed by atoms with Gasteiger partial charge in [-0.25, -0.2) is 0 Å². The highest BCUT2D eigenvalue weighted by Gasteiger charge is 2.57. The Morgan fingerprint density at radius 3 is 2.45 bits per heavy atom. The SMILES string of the molecule is CC(C)[Si]1(C(C)C)C(C)C2CCC(=O)c3c(I)cn1c32. The number of carbonyl (C=O) groups is 1. The number of rotatable bonds is 2. The van der Waals surface area contributed by atoms with E-state index in [1.165, 1.54) is 9.26 Å². The lowest BCUT2D eigenvalue weighted by molar-refractivity contribution is 0.0966. The van der Waals surface area contributed by atoms with Crippen LogP contribution in [0.5, 0.6) is 0 Å². The summed E-state index contributed by atoms with van der Waals surface area (Å²) in [5.74, 6) is 1.01. The molecule has 0 amide bonds. The number of halogens is 1. The normalized spacial score (nSPS) is 27.5. The Kier molecular flexibility index (Phi) is 3.48. The van der Waals surface area contributed by atoms with Gasteiger partial charge in [0.05, 0.1) is 5.56 Å². The largest absolute Gasteiger partial charge is 0.375 e. The molecule has 1 aliphatic heterocycles. The fourth-order valence-corrected chi connectivity index (χ4v) is 13.4. The molecule has 2 aliphatic rings. The van der Waals surface area contributed by atoms with Gasteiger partial charge in [0.1, 0.15) is 0 Å². The Hall–Kier alpha value is -0.103. The summed E-state index contributed by atoms with van der Waals surface area (Å²) < 4.78 is 3.84. The van der Waals surface area contributed by atoms with E-state index in [9.17, 15) is 4.79 Å². The summed E-state index contributed by atoms with van der Waals surface area (Å²) in [7, 11) is -1.64. The van der Waals surface area contributed by atoms with Crippen molar-refractivity contribution in [3.05, 3.63) is 21.0 Å². The monoisotopic (exact) mass is 401 g/mol. The molecule has 2 unspecified atom stereocenters. The summed E-state index contributed by atoms with van der Waals surface area (Å²) in [5, 5.41) is 0. The molecule has 110 valence electrons. The highest BCUT2D eigenvalue weighted by atomic mass is 127. The van der Waals surface area contributed by atoms with Gasteiger partial charge < -0.3 is 4.23 Å². The second-order valence-corrected chi connectivity index (χ2v) is 13.8. The lowest BCUT2D eigenvalue weighted by Gasteiger charge is -2.42. The fourth-order valence-electron chi connectivity index (χ4n) is 5.30. The van der Waals surface area contributed by atoms with Gasteiger partial charge in [-0.15, -0.1) is 0 Å². The van der Waals surface area contributed by atoms with E-state index in [1.54, 1.807) is 0 Å². The first kappa shape index (κ1) is 14.8. The van der Waals surface area contributed by atoms with Crippen LogP contribution in [-0.4, -0.2) is 18.3 Å². The summed E-state index contributed by atoms with van der Waals surface area (Å²) in [4.78, 5) is 12.3. The second-order valence-electron chi connectivity index (χ2n) is 7.16. The molecule has 3 rings (SSSR count). The van der Waals surface area contributed by atoms with Crippen LogP contribution in [-0.2, 0) is 0 Å². The number of Topliss-reactive ketones (excluding diaryl/α,β-unsaturated/α-hetero) is 1. The van der Waals surface area contributed by atoms with Crippen molar-refractivity contribution in [3.8, 4) is 0 Å². The van der Waals surface area contributed by atoms with Crippen molar-refractivity contribution in [3.63, 3.8) is 0 Å². The van der Waals surface area contributed by atoms with Gasteiger partial charge in [0.15, 0.2) is 14.0 Å². The quantitative estimate of drug-likeness (QED) is 0.495. The van der Waals surface area contributed by atoms with Crippen LogP contribution in [0.25, 0.3) is 0 Å². The van der Waals surface area contributed by atoms with Gasteiger partial charge in [0, 0.05) is 27.8 Å². The van der Waals surface area contributed by atoms with Gasteiger partial charge in [-0.1, -0.05) is 34.6 Å². The topological polar surface area (TPSA) is 22.0 Å². The van der Waals surface area contributed by atoms with Gasteiger partial charge in [0.25, 0.3) is 0 Å². The Morgan fingerprint density at radius 1 is 1.30 bits per heavy atom. The molecule has 0 aromatic carbocycles. The summed E-state index contributed by atoms with van der Waals surface area (Å²) in [6.07, 6.45) is 4.14. The molecule has 1 aliphatic carbocycles. The molecular weight excluding hydrogens is 377 g/mol. The predicted octanol–water partition coefficient (Wildman–Crippen LogP) is 5.17. The van der Waals surface area contributed by atoms with E-state index in [0.29, 0.717) is 22.8 Å². The lowest BCUT2D eigenvalue weighted by atomic mass is 9.85. The molecule has 0 N–H and O–H groups in total. The van der Waals surface area contributed by atoms with Gasteiger partial charge in [-0.2, -0.15) is 0 Å². The Balaban J connectivity index is 2.32. The van der Waals surface area contributed by atoms with Gasteiger partial charge in [-0.3, -0.25) is 4.79 Å². The molecule has 0 saturated heterocycles. The van der Waals surface area contributed by atoms with Crippen LogP contribution >= 0.6 is 22.6 Å². The third-order valence-corrected chi connectivity index (χ3v) is 13.5. The van der Waals surface area contributed by atoms with Crippen molar-refractivity contribution in [2.45, 2.75) is 70.0 Å². The molecule has 20 heavy (non-hydrogen) atoms. The third kappa shape index (κ3) is 1.58. The molecule has 0 bridgehead atoms. The highest BCUT2D eigenvalue weighted by Crippen LogP contribution is 2.59. The third-order valence-electron chi connectivity index (χ3n) is 5.91. The van der Waals surface area contributed by atoms with E-state index in [-0.39, 0.29) is 0 Å². The molecule has 2 heterocycles. The Bertz CT molecular complexity index is 567. The maximum atomic E-state index is 12.3. The van der Waals surface area contributed by atoms with Crippen molar-refractivity contribution in [1.29, 1.82) is 0 Å². The van der Waals surface area contributed by atoms with E-state index in [2.05, 4.69) is 67.6 Å². The van der Waals surface area contributed by atoms with E-state index in [1.807, 2.05) is 0 Å². The molecular formula is C16H24INOSi. The van der Waals surface area contributed by atoms with Crippen LogP contribution in [0.3, 0.4) is 0 Å². The molecule has 0 fully saturated rings. The molecule has 4 heteroatoms. The van der Waals surface area contributed by atoms with Gasteiger partial charge >= 0.3 is 0 Å². The van der Waals surface area contributed by atoms with Crippen LogP contribution in [0.4, 0.5) is 0 Å². The first-order valence-electron chi connectivity index (χ1n) is 7.77. The summed E-state index contributed by atoms with van der Waals surface area (Å²) in [6, 6.07) is 0. The minimum Gasteiger partial charge on any atom is -0.375 e. The molecule has 0 saturated carbocycles. The smallest absolute Gasteiger partial charge is 0.170 e. The summed E-state index contributed by atoms with van der Waals surface area (Å²) in [6.45, 7) is 12.1. The molecule has 1 aromatic rings. The number of nitrogens with zero attached hydrogens (tertiary/aromatic N) is 1. The van der Waals surface area contributed by atoms with Crippen molar-refractivity contribution in [2.75, 3.05) is 0 Å². The fraction of sp³-hybridized carbons (Fsp3) is 0.688. The van der Waals surface area contributed by atoms with E-state index < -0.39 is 8.24 Å². The number of aromatic nitrogens is 1. The Labute approximate surface area is 136 Å². The number of carbonyl (C=O) groups excluding carboxylic acids is 1. The zero-order valence-electron chi connectivity index (χ0n) is 13.0. The zero-order valence-corrected chi connectivity index (χ0v) is 16.2. The van der Waals surface area contributed by atoms with Gasteiger partial charge in [-0.05, 0) is 45.6 Å². The van der Waals surface area contributed by atoms with Crippen LogP contribution in [0.15, 0.2) is 6.20 Å². The van der Waals surface area contributed by atoms with Crippen molar-refractivity contribution in [1.82, 2.24) is 4.23 Å². The molecule has 2 nitrogen and oxygen atoms in total. The average molecular weight is 401 g/mol. The lowest BCUT2D eigenvalue weighted by Crippen LogP contribution is -2.49. The summed E-state index contributed by atoms with van der Waals surface area (Å²) in [5.41, 5.74) is 4.66. The first-order chi connectivity index (χ1) is 9.33. The molecule has 0 spiro atoms. The second kappa shape index (κ2) is 4.70. The highest BCUT2D eigenvalue weighted by molar-refractivity contribution is 14.1. The van der Waals surface area contributed by atoms with Crippen LogP contribution in [0.1, 0.15) is 69.4 Å². The van der Waals surface area contributed by atoms with Crippen LogP contribution in [0, 0.1) is 3.57 Å². The minimum atomic E-state index is -1.64. The maximum absolute atomic E-state index is 12.3. The van der Waals surface area contributed by atoms with E-state index >= 15 is 0 Å². The zero-order chi connectivity index (χ0) is 14.8.